The van der Waals surface area contributed by atoms with Crippen molar-refractivity contribution in [2.75, 3.05) is 13.6 Å². The number of aryl methyl sites for hydroxylation is 2. The summed E-state index contributed by atoms with van der Waals surface area (Å²) in [5.74, 6) is -0.481. The van der Waals surface area contributed by atoms with Gasteiger partial charge in [0.05, 0.1) is 0 Å². The van der Waals surface area contributed by atoms with Crippen LogP contribution in [0.5, 0.6) is 0 Å². The fraction of sp³-hybridized carbons (Fsp3) is 0.385. The van der Waals surface area contributed by atoms with E-state index in [1.54, 1.807) is 13.1 Å². The first-order valence-electron chi connectivity index (χ1n) is 5.26. The normalized spacial score (nSPS) is 9.62. The van der Waals surface area contributed by atoms with Gasteiger partial charge in [0.1, 0.15) is 0 Å². The molecule has 0 atom stereocenters. The van der Waals surface area contributed by atoms with Crippen molar-refractivity contribution in [1.29, 1.82) is 5.26 Å². The minimum Gasteiger partial charge on any atom is -0.333 e. The van der Waals surface area contributed by atoms with Crippen LogP contribution in [0.25, 0.3) is 0 Å². The van der Waals surface area contributed by atoms with Crippen molar-refractivity contribution in [2.24, 2.45) is 0 Å². The molecule has 0 fully saturated rings. The molecule has 0 heterocycles. The molecule has 1 aromatic carbocycles. The molecule has 0 aliphatic rings. The van der Waals surface area contributed by atoms with Crippen LogP contribution >= 0.6 is 0 Å². The third-order valence-electron chi connectivity index (χ3n) is 2.66. The summed E-state index contributed by atoms with van der Waals surface area (Å²) in [5.41, 5.74) is 3.68. The lowest BCUT2D eigenvalue weighted by Gasteiger charge is -2.14. The summed E-state index contributed by atoms with van der Waals surface area (Å²) in [7, 11) is 1.65. The van der Waals surface area contributed by atoms with Crippen molar-refractivity contribution in [2.45, 2.75) is 20.3 Å². The number of benzene rings is 1. The number of nitriles is 1. The molecule has 0 aliphatic carbocycles. The van der Waals surface area contributed by atoms with Gasteiger partial charge >= 0.3 is 5.91 Å². The number of likely N-dealkylation sites (N-methyl/N-ethyl adjacent to an activating group) is 1. The molecular weight excluding hydrogens is 200 g/mol. The van der Waals surface area contributed by atoms with E-state index in [0.29, 0.717) is 6.54 Å². The van der Waals surface area contributed by atoms with Gasteiger partial charge in [-0.25, -0.2) is 0 Å². The Hall–Kier alpha value is -1.82. The molecule has 3 nitrogen and oxygen atoms in total. The van der Waals surface area contributed by atoms with Gasteiger partial charge in [-0.2, -0.15) is 5.26 Å². The smallest absolute Gasteiger partial charge is 0.324 e. The minimum absolute atomic E-state index is 0.481. The lowest BCUT2D eigenvalue weighted by atomic mass is 10.0. The van der Waals surface area contributed by atoms with E-state index in [0.717, 1.165) is 6.42 Å². The van der Waals surface area contributed by atoms with E-state index >= 15 is 0 Å². The number of carbonyl (C=O) groups is 1. The Labute approximate surface area is 96.3 Å². The summed E-state index contributed by atoms with van der Waals surface area (Å²) in [6, 6.07) is 7.89. The maximum atomic E-state index is 11.0. The monoisotopic (exact) mass is 216 g/mol. The van der Waals surface area contributed by atoms with E-state index in [9.17, 15) is 4.79 Å². The quantitative estimate of drug-likeness (QED) is 0.723. The van der Waals surface area contributed by atoms with Crippen molar-refractivity contribution in [1.82, 2.24) is 4.90 Å². The molecule has 1 aromatic rings. The molecule has 0 spiro atoms. The summed E-state index contributed by atoms with van der Waals surface area (Å²) in [5, 5.41) is 8.46. The zero-order valence-electron chi connectivity index (χ0n) is 9.95. The minimum atomic E-state index is -0.481. The molecule has 16 heavy (non-hydrogen) atoms. The van der Waals surface area contributed by atoms with Crippen LogP contribution in [-0.2, 0) is 11.2 Å². The Morgan fingerprint density at radius 3 is 2.75 bits per heavy atom. The molecular formula is C13H16N2O. The molecule has 0 saturated heterocycles. The maximum absolute atomic E-state index is 11.0. The van der Waals surface area contributed by atoms with Crippen molar-refractivity contribution >= 4 is 5.91 Å². The number of rotatable bonds is 3. The van der Waals surface area contributed by atoms with Gasteiger partial charge in [-0.3, -0.25) is 4.79 Å². The maximum Gasteiger partial charge on any atom is 0.324 e. The standard InChI is InChI=1S/C13H16N2O/c1-10-4-5-11(2)12(8-10)6-7-15(3)13(16)9-14/h4-5,8H,6-7H2,1-3H3. The average Bonchev–Trinajstić information content (AvgIpc) is 2.28. The zero-order chi connectivity index (χ0) is 12.1. The first-order valence-corrected chi connectivity index (χ1v) is 5.26. The molecule has 0 saturated carbocycles. The van der Waals surface area contributed by atoms with Crippen LogP contribution in [0.15, 0.2) is 18.2 Å². The molecule has 0 bridgehead atoms. The van der Waals surface area contributed by atoms with Gasteiger partial charge < -0.3 is 4.90 Å². The van der Waals surface area contributed by atoms with Gasteiger partial charge in [-0.05, 0) is 31.4 Å². The van der Waals surface area contributed by atoms with Gasteiger partial charge in [0.15, 0.2) is 6.07 Å². The molecule has 3 heteroatoms. The predicted octanol–water partition coefficient (Wildman–Crippen LogP) is 1.83. The Bertz CT molecular complexity index is 432. The average molecular weight is 216 g/mol. The largest absolute Gasteiger partial charge is 0.333 e. The van der Waals surface area contributed by atoms with Crippen LogP contribution < -0.4 is 0 Å². The second-order valence-corrected chi connectivity index (χ2v) is 4.02. The van der Waals surface area contributed by atoms with Gasteiger partial charge in [-0.1, -0.05) is 23.8 Å². The van der Waals surface area contributed by atoms with Crippen molar-refractivity contribution in [3.05, 3.63) is 34.9 Å². The van der Waals surface area contributed by atoms with E-state index in [4.69, 9.17) is 5.26 Å². The Balaban J connectivity index is 2.65. The lowest BCUT2D eigenvalue weighted by Crippen LogP contribution is -2.27. The third kappa shape index (κ3) is 3.09. The third-order valence-corrected chi connectivity index (χ3v) is 2.66. The molecule has 0 aromatic heterocycles. The summed E-state index contributed by atoms with van der Waals surface area (Å²) < 4.78 is 0. The first-order chi connectivity index (χ1) is 7.54. The first kappa shape index (κ1) is 12.3. The van der Waals surface area contributed by atoms with Crippen LogP contribution in [0.3, 0.4) is 0 Å². The second-order valence-electron chi connectivity index (χ2n) is 4.02. The van der Waals surface area contributed by atoms with Crippen LogP contribution in [0, 0.1) is 25.2 Å². The zero-order valence-corrected chi connectivity index (χ0v) is 9.95. The highest BCUT2D eigenvalue weighted by Gasteiger charge is 2.07. The van der Waals surface area contributed by atoms with Crippen molar-refractivity contribution < 1.29 is 4.79 Å². The highest BCUT2D eigenvalue weighted by atomic mass is 16.2. The second kappa shape index (κ2) is 5.32. The van der Waals surface area contributed by atoms with Gasteiger partial charge in [0.25, 0.3) is 0 Å². The highest BCUT2D eigenvalue weighted by molar-refractivity contribution is 5.90. The molecule has 1 amide bonds. The topological polar surface area (TPSA) is 44.1 Å². The van der Waals surface area contributed by atoms with E-state index in [1.807, 2.05) is 6.92 Å². The van der Waals surface area contributed by atoms with E-state index < -0.39 is 5.91 Å². The number of nitrogens with zero attached hydrogens (tertiary/aromatic N) is 2. The molecule has 0 aliphatic heterocycles. The summed E-state index contributed by atoms with van der Waals surface area (Å²) >= 11 is 0. The summed E-state index contributed by atoms with van der Waals surface area (Å²) in [6.45, 7) is 4.69. The van der Waals surface area contributed by atoms with Gasteiger partial charge in [-0.15, -0.1) is 0 Å². The van der Waals surface area contributed by atoms with Crippen LogP contribution in [0.4, 0.5) is 0 Å². The molecule has 84 valence electrons. The van der Waals surface area contributed by atoms with E-state index in [1.165, 1.54) is 21.6 Å². The molecule has 0 N–H and O–H groups in total. The Kier molecular flexibility index (Phi) is 4.07. The summed E-state index contributed by atoms with van der Waals surface area (Å²) in [6.07, 6.45) is 0.789. The Morgan fingerprint density at radius 2 is 2.12 bits per heavy atom. The van der Waals surface area contributed by atoms with Gasteiger partial charge in [0.2, 0.25) is 0 Å². The fourth-order valence-electron chi connectivity index (χ4n) is 1.54. The van der Waals surface area contributed by atoms with Crippen LogP contribution in [-0.4, -0.2) is 24.4 Å². The number of hydrogen-bond donors (Lipinski definition) is 0. The Morgan fingerprint density at radius 1 is 1.44 bits per heavy atom. The van der Waals surface area contributed by atoms with Crippen molar-refractivity contribution in [3.8, 4) is 6.07 Å². The van der Waals surface area contributed by atoms with E-state index in [2.05, 4.69) is 25.1 Å². The molecule has 0 unspecified atom stereocenters. The van der Waals surface area contributed by atoms with E-state index in [-0.39, 0.29) is 0 Å². The molecule has 1 rings (SSSR count). The SMILES string of the molecule is Cc1ccc(C)c(CCN(C)C(=O)C#N)c1. The van der Waals surface area contributed by atoms with Gasteiger partial charge in [0, 0.05) is 13.6 Å². The summed E-state index contributed by atoms with van der Waals surface area (Å²) in [4.78, 5) is 12.5. The predicted molar refractivity (Wildman–Crippen MR) is 62.9 cm³/mol. The number of hydrogen-bond acceptors (Lipinski definition) is 2. The lowest BCUT2D eigenvalue weighted by molar-refractivity contribution is -0.124. The fourth-order valence-corrected chi connectivity index (χ4v) is 1.54. The highest BCUT2D eigenvalue weighted by Crippen LogP contribution is 2.11. The van der Waals surface area contributed by atoms with Crippen LogP contribution in [0.2, 0.25) is 0 Å². The van der Waals surface area contributed by atoms with Crippen LogP contribution in [0.1, 0.15) is 16.7 Å². The number of amides is 1. The number of carbonyl (C=O) groups excluding carboxylic acids is 1. The molecule has 0 radical (unpaired) electrons. The van der Waals surface area contributed by atoms with Crippen molar-refractivity contribution in [3.63, 3.8) is 0 Å².